The smallest absolute Gasteiger partial charge is 0.133 e. The summed E-state index contributed by atoms with van der Waals surface area (Å²) in [5, 5.41) is 8.63. The highest BCUT2D eigenvalue weighted by Gasteiger charge is 2.60. The maximum absolute atomic E-state index is 12.1. The minimum atomic E-state index is 0.0419. The number of hydrogen-bond donors (Lipinski definition) is 1. The molecule has 4 rings (SSSR count). The molecule has 4 aliphatic carbocycles. The van der Waals surface area contributed by atoms with Crippen molar-refractivity contribution in [1.82, 2.24) is 0 Å². The lowest BCUT2D eigenvalue weighted by Crippen LogP contribution is -2.54. The first kappa shape index (κ1) is 28.4. The van der Waals surface area contributed by atoms with Crippen molar-refractivity contribution >= 4 is 5.78 Å². The van der Waals surface area contributed by atoms with Gasteiger partial charge in [-0.1, -0.05) is 13.8 Å². The zero-order valence-corrected chi connectivity index (χ0v) is 22.7. The van der Waals surface area contributed by atoms with Gasteiger partial charge >= 0.3 is 0 Å². The summed E-state index contributed by atoms with van der Waals surface area (Å²) >= 11 is 0. The Hall–Kier alpha value is -0.570. The number of aliphatic hydroxyl groups is 1. The van der Waals surface area contributed by atoms with Crippen LogP contribution in [-0.2, 0) is 28.5 Å². The van der Waals surface area contributed by atoms with E-state index in [1.165, 1.54) is 38.5 Å². The second-order valence-corrected chi connectivity index (χ2v) is 12.1. The first-order valence-electron chi connectivity index (χ1n) is 14.5. The van der Waals surface area contributed by atoms with E-state index in [0.717, 1.165) is 37.0 Å². The van der Waals surface area contributed by atoms with Crippen LogP contribution in [0.5, 0.6) is 0 Å². The number of carbonyl (C=O) groups is 1. The minimum Gasteiger partial charge on any atom is -0.394 e. The van der Waals surface area contributed by atoms with E-state index in [-0.39, 0.29) is 6.61 Å². The summed E-state index contributed by atoms with van der Waals surface area (Å²) in [6.45, 7) is 9.89. The summed E-state index contributed by atoms with van der Waals surface area (Å²) in [7, 11) is 0. The van der Waals surface area contributed by atoms with Gasteiger partial charge in [0.15, 0.2) is 0 Å². The highest BCUT2D eigenvalue weighted by Crippen LogP contribution is 2.66. The quantitative estimate of drug-likeness (QED) is 0.333. The number of rotatable bonds is 15. The second-order valence-electron chi connectivity index (χ2n) is 12.1. The van der Waals surface area contributed by atoms with Gasteiger partial charge < -0.3 is 28.8 Å². The standard InChI is InChI=1S/C29H50O7/c1-28-9-7-23(31)21-22(28)3-4-24-25-5-6-27(29(25,2)10-8-26(24)28)36-20-19-35-18-17-34-16-15-33-14-13-32-12-11-30/h22,24-27,30H,3-21H2,1-2H3/t22-,24-,25-,26-,27-,28-,29-/m0/s1. The number of fused-ring (bicyclic) bond motifs is 5. The summed E-state index contributed by atoms with van der Waals surface area (Å²) in [6.07, 6.45) is 10.7. The van der Waals surface area contributed by atoms with Gasteiger partial charge in [-0.05, 0) is 79.4 Å². The summed E-state index contributed by atoms with van der Waals surface area (Å²) < 4.78 is 28.2. The van der Waals surface area contributed by atoms with Crippen molar-refractivity contribution < 1.29 is 33.6 Å². The van der Waals surface area contributed by atoms with E-state index < -0.39 is 0 Å². The van der Waals surface area contributed by atoms with Crippen molar-refractivity contribution in [3.8, 4) is 0 Å². The van der Waals surface area contributed by atoms with E-state index in [9.17, 15) is 4.79 Å². The average Bonchev–Trinajstić information content (AvgIpc) is 3.21. The Balaban J connectivity index is 1.10. The van der Waals surface area contributed by atoms with Crippen molar-refractivity contribution in [1.29, 1.82) is 0 Å². The van der Waals surface area contributed by atoms with Crippen molar-refractivity contribution in [2.24, 2.45) is 34.5 Å². The summed E-state index contributed by atoms with van der Waals surface area (Å²) in [4.78, 5) is 12.1. The second kappa shape index (κ2) is 13.5. The van der Waals surface area contributed by atoms with Crippen LogP contribution in [0, 0.1) is 34.5 Å². The lowest BCUT2D eigenvalue weighted by molar-refractivity contribution is -0.146. The molecule has 0 aromatic carbocycles. The third-order valence-corrected chi connectivity index (χ3v) is 10.3. The van der Waals surface area contributed by atoms with Gasteiger partial charge in [0.25, 0.3) is 0 Å². The van der Waals surface area contributed by atoms with Gasteiger partial charge in [0.05, 0.1) is 72.2 Å². The fourth-order valence-corrected chi connectivity index (χ4v) is 8.35. The van der Waals surface area contributed by atoms with E-state index >= 15 is 0 Å². The predicted octanol–water partition coefficient (Wildman–Crippen LogP) is 4.04. The molecule has 7 atom stereocenters. The van der Waals surface area contributed by atoms with Crippen molar-refractivity contribution in [2.45, 2.75) is 77.7 Å². The molecule has 0 radical (unpaired) electrons. The van der Waals surface area contributed by atoms with Gasteiger partial charge in [-0.3, -0.25) is 4.79 Å². The fraction of sp³-hybridized carbons (Fsp3) is 0.966. The largest absolute Gasteiger partial charge is 0.394 e. The molecule has 7 nitrogen and oxygen atoms in total. The molecule has 36 heavy (non-hydrogen) atoms. The average molecular weight is 511 g/mol. The van der Waals surface area contributed by atoms with E-state index in [1.807, 2.05) is 0 Å². The molecular weight excluding hydrogens is 460 g/mol. The van der Waals surface area contributed by atoms with Crippen LogP contribution in [-0.4, -0.2) is 83.1 Å². The zero-order valence-electron chi connectivity index (χ0n) is 22.7. The van der Waals surface area contributed by atoms with Crippen LogP contribution in [0.1, 0.15) is 71.6 Å². The van der Waals surface area contributed by atoms with E-state index in [4.69, 9.17) is 28.8 Å². The van der Waals surface area contributed by atoms with Gasteiger partial charge in [-0.25, -0.2) is 0 Å². The number of ketones is 1. The highest BCUT2D eigenvalue weighted by atomic mass is 16.6. The molecule has 0 heterocycles. The van der Waals surface area contributed by atoms with Crippen LogP contribution >= 0.6 is 0 Å². The summed E-state index contributed by atoms with van der Waals surface area (Å²) in [5.41, 5.74) is 0.676. The molecule has 0 spiro atoms. The number of carbonyl (C=O) groups excluding carboxylic acids is 1. The first-order chi connectivity index (χ1) is 17.5. The monoisotopic (exact) mass is 510 g/mol. The minimum absolute atomic E-state index is 0.0419. The Morgan fingerprint density at radius 1 is 0.722 bits per heavy atom. The molecule has 0 bridgehead atoms. The Labute approximate surface area is 217 Å². The summed E-state index contributed by atoms with van der Waals surface area (Å²) in [6, 6.07) is 0. The molecule has 4 aliphatic rings. The Kier molecular flexibility index (Phi) is 10.6. The molecule has 0 saturated heterocycles. The Morgan fingerprint density at radius 3 is 2.00 bits per heavy atom. The maximum Gasteiger partial charge on any atom is 0.133 e. The van der Waals surface area contributed by atoms with Crippen LogP contribution in [0.4, 0.5) is 0 Å². The predicted molar refractivity (Wildman–Crippen MR) is 137 cm³/mol. The lowest BCUT2D eigenvalue weighted by atomic mass is 9.45. The van der Waals surface area contributed by atoms with E-state index in [0.29, 0.717) is 88.1 Å². The molecule has 1 N–H and O–H groups in total. The lowest BCUT2D eigenvalue weighted by Gasteiger charge is -2.60. The molecule has 0 amide bonds. The van der Waals surface area contributed by atoms with Crippen molar-refractivity contribution in [3.63, 3.8) is 0 Å². The summed E-state index contributed by atoms with van der Waals surface area (Å²) in [5.74, 6) is 3.52. The molecule has 7 heteroatoms. The number of Topliss-reactive ketones (excluding diaryl/α,β-unsaturated/α-hetero) is 1. The van der Waals surface area contributed by atoms with Gasteiger partial charge in [0.1, 0.15) is 5.78 Å². The number of aliphatic hydroxyl groups excluding tert-OH is 1. The van der Waals surface area contributed by atoms with Crippen LogP contribution in [0.25, 0.3) is 0 Å². The molecule has 0 aromatic heterocycles. The number of hydrogen-bond acceptors (Lipinski definition) is 7. The molecule has 4 fully saturated rings. The first-order valence-corrected chi connectivity index (χ1v) is 14.5. The third-order valence-electron chi connectivity index (χ3n) is 10.3. The molecular formula is C29H50O7. The van der Waals surface area contributed by atoms with Crippen molar-refractivity contribution in [3.05, 3.63) is 0 Å². The highest BCUT2D eigenvalue weighted by molar-refractivity contribution is 5.79. The molecule has 0 unspecified atom stereocenters. The van der Waals surface area contributed by atoms with Gasteiger partial charge in [-0.15, -0.1) is 0 Å². The van der Waals surface area contributed by atoms with Gasteiger partial charge in [0, 0.05) is 12.8 Å². The van der Waals surface area contributed by atoms with Crippen LogP contribution < -0.4 is 0 Å². The molecule has 0 aliphatic heterocycles. The SMILES string of the molecule is C[C@]12CCC(=O)C[C@@H]1CC[C@@H]1[C@@H]2CC[C@]2(C)[C@@H](OCCOCCOCCOCCOCCO)CC[C@@H]12. The van der Waals surface area contributed by atoms with E-state index in [2.05, 4.69) is 13.8 Å². The normalized spacial score (nSPS) is 38.0. The molecule has 4 saturated carbocycles. The van der Waals surface area contributed by atoms with Crippen LogP contribution in [0.2, 0.25) is 0 Å². The van der Waals surface area contributed by atoms with Gasteiger partial charge in [-0.2, -0.15) is 0 Å². The van der Waals surface area contributed by atoms with Gasteiger partial charge in [0.2, 0.25) is 0 Å². The maximum atomic E-state index is 12.1. The van der Waals surface area contributed by atoms with Crippen LogP contribution in [0.15, 0.2) is 0 Å². The third kappa shape index (κ3) is 6.52. The molecule has 0 aromatic rings. The zero-order chi connectivity index (χ0) is 25.4. The van der Waals surface area contributed by atoms with E-state index in [1.54, 1.807) is 0 Å². The topological polar surface area (TPSA) is 83.5 Å². The Morgan fingerprint density at radius 2 is 1.33 bits per heavy atom. The number of ether oxygens (including phenoxy) is 5. The fourth-order valence-electron chi connectivity index (χ4n) is 8.35. The van der Waals surface area contributed by atoms with Crippen LogP contribution in [0.3, 0.4) is 0 Å². The Bertz CT molecular complexity index is 687. The molecule has 208 valence electrons. The van der Waals surface area contributed by atoms with Crippen molar-refractivity contribution in [2.75, 3.05) is 66.1 Å².